The van der Waals surface area contributed by atoms with Crippen molar-refractivity contribution in [2.45, 2.75) is 44.0 Å². The molecule has 0 radical (unpaired) electrons. The Hall–Kier alpha value is -3.70. The molecule has 0 saturated heterocycles. The Labute approximate surface area is 216 Å². The number of aromatic nitrogens is 1. The van der Waals surface area contributed by atoms with Crippen LogP contribution in [-0.2, 0) is 21.2 Å². The number of amides is 2. The van der Waals surface area contributed by atoms with Gasteiger partial charge in [-0.15, -0.1) is 0 Å². The van der Waals surface area contributed by atoms with Crippen LogP contribution in [0.25, 0.3) is 10.9 Å². The minimum atomic E-state index is -3.74. The number of aliphatic imine (C=N–C) groups is 1. The molecule has 4 N–H and O–H groups in total. The van der Waals surface area contributed by atoms with Crippen LogP contribution in [0, 0.1) is 0 Å². The van der Waals surface area contributed by atoms with Crippen molar-refractivity contribution in [2.24, 2.45) is 4.99 Å². The second-order valence-corrected chi connectivity index (χ2v) is 10.7. The molecular formula is C26H32N6O4S. The molecule has 2 amide bonds. The van der Waals surface area contributed by atoms with Gasteiger partial charge in [-0.1, -0.05) is 38.1 Å². The van der Waals surface area contributed by atoms with Crippen LogP contribution in [0.5, 0.6) is 0 Å². The zero-order valence-electron chi connectivity index (χ0n) is 21.0. The lowest BCUT2D eigenvalue weighted by molar-refractivity contribution is -0.123. The number of hydrogen-bond acceptors (Lipinski definition) is 6. The average molecular weight is 525 g/mol. The Morgan fingerprint density at radius 1 is 1.11 bits per heavy atom. The van der Waals surface area contributed by atoms with Crippen LogP contribution >= 0.6 is 0 Å². The van der Waals surface area contributed by atoms with E-state index in [4.69, 9.17) is 0 Å². The predicted octanol–water partition coefficient (Wildman–Crippen LogP) is 2.35. The van der Waals surface area contributed by atoms with Gasteiger partial charge in [-0.3, -0.25) is 25.4 Å². The lowest BCUT2D eigenvalue weighted by atomic mass is 10.0. The zero-order chi connectivity index (χ0) is 26.4. The highest BCUT2D eigenvalue weighted by atomic mass is 32.2. The highest BCUT2D eigenvalue weighted by Gasteiger charge is 2.26. The van der Waals surface area contributed by atoms with Crippen molar-refractivity contribution >= 4 is 38.6 Å². The zero-order valence-corrected chi connectivity index (χ0v) is 21.8. The van der Waals surface area contributed by atoms with E-state index in [0.29, 0.717) is 25.5 Å². The molecule has 3 aromatic rings. The number of H-pyrrole nitrogens is 1. The first-order chi connectivity index (χ1) is 17.8. The van der Waals surface area contributed by atoms with Gasteiger partial charge >= 0.3 is 0 Å². The molecule has 0 saturated carbocycles. The summed E-state index contributed by atoms with van der Waals surface area (Å²) in [6.07, 6.45) is 3.71. The summed E-state index contributed by atoms with van der Waals surface area (Å²) in [6.45, 7) is 4.87. The van der Waals surface area contributed by atoms with Crippen molar-refractivity contribution < 1.29 is 18.0 Å². The molecule has 0 bridgehead atoms. The molecule has 2 aromatic carbocycles. The van der Waals surface area contributed by atoms with E-state index in [1.54, 1.807) is 13.8 Å². The first-order valence-electron chi connectivity index (χ1n) is 12.4. The highest BCUT2D eigenvalue weighted by Crippen LogP contribution is 2.20. The quantitative estimate of drug-likeness (QED) is 0.319. The van der Waals surface area contributed by atoms with Gasteiger partial charge in [0.05, 0.1) is 4.90 Å². The maximum atomic E-state index is 13.2. The van der Waals surface area contributed by atoms with Crippen LogP contribution in [0.15, 0.2) is 64.6 Å². The summed E-state index contributed by atoms with van der Waals surface area (Å²) in [4.78, 5) is 33.9. The molecule has 11 heteroatoms. The van der Waals surface area contributed by atoms with Gasteiger partial charge in [0, 0.05) is 55.1 Å². The van der Waals surface area contributed by atoms with Crippen LogP contribution in [0.1, 0.15) is 42.6 Å². The van der Waals surface area contributed by atoms with Crippen molar-refractivity contribution in [2.75, 3.05) is 19.6 Å². The van der Waals surface area contributed by atoms with Crippen molar-refractivity contribution in [1.82, 2.24) is 25.5 Å². The number of nitrogens with zero attached hydrogens (tertiary/aromatic N) is 2. The van der Waals surface area contributed by atoms with Crippen molar-refractivity contribution in [3.05, 3.63) is 65.9 Å². The predicted molar refractivity (Wildman–Crippen MR) is 143 cm³/mol. The number of amidine groups is 1. The number of nitrogens with one attached hydrogen (secondary N) is 4. The lowest BCUT2D eigenvalue weighted by Gasteiger charge is -2.20. The Morgan fingerprint density at radius 2 is 1.89 bits per heavy atom. The molecule has 1 atom stereocenters. The minimum absolute atomic E-state index is 0.0300. The summed E-state index contributed by atoms with van der Waals surface area (Å²) < 4.78 is 27.2. The monoisotopic (exact) mass is 524 g/mol. The van der Waals surface area contributed by atoms with Crippen LogP contribution in [0.2, 0.25) is 0 Å². The number of para-hydroxylation sites is 1. The third kappa shape index (κ3) is 6.00. The number of hydrogen-bond donors (Lipinski definition) is 4. The molecule has 10 nitrogen and oxygen atoms in total. The fourth-order valence-electron chi connectivity index (χ4n) is 4.34. The third-order valence-electron chi connectivity index (χ3n) is 6.36. The van der Waals surface area contributed by atoms with E-state index in [2.05, 4.69) is 26.1 Å². The Balaban J connectivity index is 1.57. The smallest absolute Gasteiger partial charge is 0.261 e. The molecule has 1 unspecified atom stereocenters. The number of rotatable bonds is 9. The number of benzene rings is 2. The minimum Gasteiger partial charge on any atom is -0.361 e. The van der Waals surface area contributed by atoms with Gasteiger partial charge < -0.3 is 10.3 Å². The van der Waals surface area contributed by atoms with Crippen LogP contribution in [0.4, 0.5) is 0 Å². The molecule has 1 aromatic heterocycles. The molecule has 0 fully saturated rings. The van der Waals surface area contributed by atoms with E-state index in [0.717, 1.165) is 29.3 Å². The normalized spacial score (nSPS) is 14.4. The van der Waals surface area contributed by atoms with E-state index in [-0.39, 0.29) is 16.9 Å². The second kappa shape index (κ2) is 11.6. The van der Waals surface area contributed by atoms with E-state index in [1.807, 2.05) is 30.5 Å². The van der Waals surface area contributed by atoms with Gasteiger partial charge in [0.25, 0.3) is 11.8 Å². The number of hydrazine groups is 1. The summed E-state index contributed by atoms with van der Waals surface area (Å²) in [5.41, 5.74) is 7.46. The Morgan fingerprint density at radius 3 is 2.62 bits per heavy atom. The number of fused-ring (bicyclic) bond motifs is 1. The van der Waals surface area contributed by atoms with Gasteiger partial charge in [-0.2, -0.15) is 4.31 Å². The van der Waals surface area contributed by atoms with Crippen molar-refractivity contribution in [1.29, 1.82) is 0 Å². The molecule has 1 aliphatic rings. The molecule has 0 spiro atoms. The molecule has 196 valence electrons. The van der Waals surface area contributed by atoms with Crippen LogP contribution in [0.3, 0.4) is 0 Å². The van der Waals surface area contributed by atoms with Crippen molar-refractivity contribution in [3.63, 3.8) is 0 Å². The van der Waals surface area contributed by atoms with Gasteiger partial charge in [0.1, 0.15) is 11.9 Å². The molecule has 0 aliphatic carbocycles. The Kier molecular flexibility index (Phi) is 8.24. The van der Waals surface area contributed by atoms with Gasteiger partial charge in [-0.25, -0.2) is 8.42 Å². The number of carbonyl (C=O) groups is 2. The van der Waals surface area contributed by atoms with E-state index in [9.17, 15) is 18.0 Å². The highest BCUT2D eigenvalue weighted by molar-refractivity contribution is 7.89. The van der Waals surface area contributed by atoms with Crippen LogP contribution < -0.4 is 16.2 Å². The number of aromatic amines is 1. The van der Waals surface area contributed by atoms with Crippen molar-refractivity contribution in [3.8, 4) is 0 Å². The molecule has 1 aliphatic heterocycles. The molecule has 2 heterocycles. The Bertz CT molecular complexity index is 1410. The van der Waals surface area contributed by atoms with Gasteiger partial charge in [-0.05, 0) is 36.2 Å². The molecule has 37 heavy (non-hydrogen) atoms. The molecular weight excluding hydrogens is 492 g/mol. The summed E-state index contributed by atoms with van der Waals surface area (Å²) in [5, 5.41) is 3.75. The lowest BCUT2D eigenvalue weighted by Crippen LogP contribution is -2.53. The fourth-order valence-corrected chi connectivity index (χ4v) is 5.85. The first kappa shape index (κ1) is 26.4. The number of carbonyl (C=O) groups excluding carboxylic acids is 2. The molecule has 4 rings (SSSR count). The van der Waals surface area contributed by atoms with Gasteiger partial charge in [0.2, 0.25) is 10.0 Å². The topological polar surface area (TPSA) is 136 Å². The van der Waals surface area contributed by atoms with E-state index < -0.39 is 27.9 Å². The largest absolute Gasteiger partial charge is 0.361 e. The summed E-state index contributed by atoms with van der Waals surface area (Å²) in [7, 11) is -3.74. The van der Waals surface area contributed by atoms with E-state index in [1.165, 1.54) is 28.6 Å². The maximum Gasteiger partial charge on any atom is 0.261 e. The fraction of sp³-hybridized carbons (Fsp3) is 0.346. The third-order valence-corrected chi connectivity index (χ3v) is 8.41. The summed E-state index contributed by atoms with van der Waals surface area (Å²) in [6, 6.07) is 12.7. The SMILES string of the molecule is CCN(CC)S(=O)(=O)c1cccc(C(=O)NC(Cc2c[nH]c3ccccc23)C(=O)NNC2=NCCC2)c1. The summed E-state index contributed by atoms with van der Waals surface area (Å²) in [5.74, 6) is -0.283. The first-order valence-corrected chi connectivity index (χ1v) is 13.8. The van der Waals surface area contributed by atoms with Crippen LogP contribution in [-0.4, -0.2) is 61.0 Å². The van der Waals surface area contributed by atoms with Gasteiger partial charge in [0.15, 0.2) is 0 Å². The van der Waals surface area contributed by atoms with E-state index >= 15 is 0 Å². The standard InChI is InChI=1S/C26H32N6O4S/c1-3-32(4-2)37(35,36)20-10-7-9-18(15-20)25(33)29-23(26(34)31-30-24-13-8-14-27-24)16-19-17-28-22-12-6-5-11-21(19)22/h5-7,9-12,15,17,23,28H,3-4,8,13-14,16H2,1-2H3,(H,27,30)(H,29,33)(H,31,34). The summed E-state index contributed by atoms with van der Waals surface area (Å²) >= 11 is 0. The second-order valence-electron chi connectivity index (χ2n) is 8.75. The number of sulfonamides is 1. The maximum absolute atomic E-state index is 13.2. The average Bonchev–Trinajstić information content (AvgIpc) is 3.58.